The maximum atomic E-state index is 12.0. The first-order chi connectivity index (χ1) is 8.27. The van der Waals surface area contributed by atoms with E-state index < -0.39 is 5.54 Å². The van der Waals surface area contributed by atoms with Gasteiger partial charge in [0.25, 0.3) is 0 Å². The minimum Gasteiger partial charge on any atom is -0.375 e. The Morgan fingerprint density at radius 3 is 2.72 bits per heavy atom. The highest BCUT2D eigenvalue weighted by Gasteiger charge is 2.54. The molecule has 2 heterocycles. The summed E-state index contributed by atoms with van der Waals surface area (Å²) in [6.45, 7) is 9.51. The number of carbonyl (C=O) groups excluding carboxylic acids is 1. The smallest absolute Gasteiger partial charge is 0.323 e. The van der Waals surface area contributed by atoms with Crippen molar-refractivity contribution in [1.29, 1.82) is 5.41 Å². The van der Waals surface area contributed by atoms with Crippen LogP contribution in [0, 0.1) is 11.3 Å². The first kappa shape index (κ1) is 13.3. The molecule has 0 aromatic heterocycles. The first-order valence-corrected chi connectivity index (χ1v) is 6.58. The van der Waals surface area contributed by atoms with E-state index in [9.17, 15) is 4.79 Å². The molecule has 102 valence electrons. The molecule has 18 heavy (non-hydrogen) atoms. The van der Waals surface area contributed by atoms with Crippen molar-refractivity contribution in [2.75, 3.05) is 13.2 Å². The second-order valence-electron chi connectivity index (χ2n) is 6.38. The lowest BCUT2D eigenvalue weighted by atomic mass is 9.79. The molecule has 2 aliphatic rings. The zero-order chi connectivity index (χ0) is 13.6. The molecule has 0 bridgehead atoms. The monoisotopic (exact) mass is 253 g/mol. The SMILES string of the molecule is CC(C)CN1C(=O)NC(=N)C12CCOC(C)(C)C2. The molecule has 2 aliphatic heterocycles. The lowest BCUT2D eigenvalue weighted by molar-refractivity contribution is -0.0897. The summed E-state index contributed by atoms with van der Waals surface area (Å²) in [5.41, 5.74) is -0.769. The number of nitrogens with one attached hydrogen (secondary N) is 2. The summed E-state index contributed by atoms with van der Waals surface area (Å²) in [6, 6.07) is -0.133. The highest BCUT2D eigenvalue weighted by Crippen LogP contribution is 2.39. The second-order valence-corrected chi connectivity index (χ2v) is 6.38. The van der Waals surface area contributed by atoms with E-state index in [1.165, 1.54) is 0 Å². The van der Waals surface area contributed by atoms with Gasteiger partial charge in [-0.1, -0.05) is 13.8 Å². The first-order valence-electron chi connectivity index (χ1n) is 6.58. The molecule has 0 aromatic rings. The Morgan fingerprint density at radius 1 is 1.50 bits per heavy atom. The quantitative estimate of drug-likeness (QED) is 0.790. The van der Waals surface area contributed by atoms with Crippen LogP contribution in [0.4, 0.5) is 4.79 Å². The Hall–Kier alpha value is -1.10. The normalized spacial score (nSPS) is 31.3. The number of hydrogen-bond donors (Lipinski definition) is 2. The molecule has 2 N–H and O–H groups in total. The summed E-state index contributed by atoms with van der Waals surface area (Å²) >= 11 is 0. The summed E-state index contributed by atoms with van der Waals surface area (Å²) in [5.74, 6) is 0.731. The van der Waals surface area contributed by atoms with Gasteiger partial charge >= 0.3 is 6.03 Å². The van der Waals surface area contributed by atoms with Gasteiger partial charge in [0.15, 0.2) is 0 Å². The molecule has 2 saturated heterocycles. The number of carbonyl (C=O) groups is 1. The molecular formula is C13H23N3O2. The Bertz CT molecular complexity index is 378. The van der Waals surface area contributed by atoms with E-state index in [0.717, 1.165) is 0 Å². The summed E-state index contributed by atoms with van der Waals surface area (Å²) in [7, 11) is 0. The number of amidine groups is 1. The summed E-state index contributed by atoms with van der Waals surface area (Å²) < 4.78 is 5.73. The van der Waals surface area contributed by atoms with Gasteiger partial charge in [-0.2, -0.15) is 0 Å². The number of rotatable bonds is 2. The number of nitrogens with zero attached hydrogens (tertiary/aromatic N) is 1. The molecule has 1 atom stereocenters. The van der Waals surface area contributed by atoms with Gasteiger partial charge in [-0.3, -0.25) is 10.7 Å². The fourth-order valence-corrected chi connectivity index (χ4v) is 3.03. The zero-order valence-electron chi connectivity index (χ0n) is 11.7. The maximum Gasteiger partial charge on any atom is 0.323 e. The molecule has 5 heteroatoms. The van der Waals surface area contributed by atoms with Crippen LogP contribution >= 0.6 is 0 Å². The Morgan fingerprint density at radius 2 is 2.17 bits per heavy atom. The van der Waals surface area contributed by atoms with Crippen LogP contribution in [0.1, 0.15) is 40.5 Å². The zero-order valence-corrected chi connectivity index (χ0v) is 11.7. The van der Waals surface area contributed by atoms with Crippen LogP contribution in [0.2, 0.25) is 0 Å². The Balaban J connectivity index is 2.31. The van der Waals surface area contributed by atoms with Crippen LogP contribution in [0.15, 0.2) is 0 Å². The number of ether oxygens (including phenoxy) is 1. The Kier molecular flexibility index (Phi) is 3.13. The van der Waals surface area contributed by atoms with Gasteiger partial charge in [-0.05, 0) is 19.8 Å². The van der Waals surface area contributed by atoms with Crippen LogP contribution in [0.3, 0.4) is 0 Å². The summed E-state index contributed by atoms with van der Waals surface area (Å²) in [6.07, 6.45) is 1.39. The fraction of sp³-hybridized carbons (Fsp3) is 0.846. The molecule has 5 nitrogen and oxygen atoms in total. The minimum absolute atomic E-state index is 0.133. The number of amides is 2. The predicted octanol–water partition coefficient (Wildman–Crippen LogP) is 1.97. The Labute approximate surface area is 108 Å². The molecule has 1 unspecified atom stereocenters. The third kappa shape index (κ3) is 2.11. The van der Waals surface area contributed by atoms with E-state index in [4.69, 9.17) is 10.1 Å². The summed E-state index contributed by atoms with van der Waals surface area (Å²) in [4.78, 5) is 13.9. The number of urea groups is 1. The van der Waals surface area contributed by atoms with Gasteiger partial charge in [-0.15, -0.1) is 0 Å². The van der Waals surface area contributed by atoms with Crippen molar-refractivity contribution in [1.82, 2.24) is 10.2 Å². The molecule has 0 aliphatic carbocycles. The van der Waals surface area contributed by atoms with Gasteiger partial charge in [0.1, 0.15) is 11.4 Å². The third-order valence-electron chi connectivity index (χ3n) is 3.73. The van der Waals surface area contributed by atoms with Crippen molar-refractivity contribution in [3.63, 3.8) is 0 Å². The van der Waals surface area contributed by atoms with Crippen molar-refractivity contribution in [2.45, 2.75) is 51.7 Å². The largest absolute Gasteiger partial charge is 0.375 e. The van der Waals surface area contributed by atoms with E-state index in [1.54, 1.807) is 0 Å². The van der Waals surface area contributed by atoms with Crippen molar-refractivity contribution >= 4 is 11.9 Å². The standard InChI is InChI=1S/C13H23N3O2/c1-9(2)7-16-11(17)15-10(14)13(16)5-6-18-12(3,4)8-13/h9H,5-8H2,1-4H3,(H2,14,15,17). The van der Waals surface area contributed by atoms with Crippen LogP contribution in [0.25, 0.3) is 0 Å². The molecule has 2 fully saturated rings. The predicted molar refractivity (Wildman–Crippen MR) is 69.8 cm³/mol. The van der Waals surface area contributed by atoms with Crippen LogP contribution in [0.5, 0.6) is 0 Å². The molecule has 1 spiro atoms. The van der Waals surface area contributed by atoms with Crippen LogP contribution in [-0.2, 0) is 4.74 Å². The highest BCUT2D eigenvalue weighted by molar-refractivity contribution is 6.08. The summed E-state index contributed by atoms with van der Waals surface area (Å²) in [5, 5.41) is 10.8. The van der Waals surface area contributed by atoms with Gasteiger partial charge in [0.05, 0.1) is 5.60 Å². The average Bonchev–Trinajstić information content (AvgIpc) is 2.41. The van der Waals surface area contributed by atoms with Crippen LogP contribution < -0.4 is 5.32 Å². The van der Waals surface area contributed by atoms with Crippen molar-refractivity contribution < 1.29 is 9.53 Å². The lowest BCUT2D eigenvalue weighted by Gasteiger charge is -2.46. The molecule has 2 rings (SSSR count). The van der Waals surface area contributed by atoms with Gasteiger partial charge in [0.2, 0.25) is 0 Å². The highest BCUT2D eigenvalue weighted by atomic mass is 16.5. The molecule has 0 aromatic carbocycles. The van der Waals surface area contributed by atoms with E-state index >= 15 is 0 Å². The average molecular weight is 253 g/mol. The molecular weight excluding hydrogens is 230 g/mol. The maximum absolute atomic E-state index is 12.0. The molecule has 0 saturated carbocycles. The van der Waals surface area contributed by atoms with Gasteiger partial charge in [0, 0.05) is 26.0 Å². The lowest BCUT2D eigenvalue weighted by Crippen LogP contribution is -2.58. The fourth-order valence-electron chi connectivity index (χ4n) is 3.03. The van der Waals surface area contributed by atoms with Crippen molar-refractivity contribution in [3.05, 3.63) is 0 Å². The van der Waals surface area contributed by atoms with Crippen molar-refractivity contribution in [3.8, 4) is 0 Å². The van der Waals surface area contributed by atoms with E-state index in [0.29, 0.717) is 37.7 Å². The van der Waals surface area contributed by atoms with Gasteiger partial charge < -0.3 is 9.64 Å². The third-order valence-corrected chi connectivity index (χ3v) is 3.73. The number of hydrogen-bond acceptors (Lipinski definition) is 3. The van der Waals surface area contributed by atoms with E-state index in [-0.39, 0.29) is 11.6 Å². The van der Waals surface area contributed by atoms with Crippen LogP contribution in [-0.4, -0.2) is 41.1 Å². The van der Waals surface area contributed by atoms with Gasteiger partial charge in [-0.25, -0.2) is 4.79 Å². The minimum atomic E-state index is -0.483. The van der Waals surface area contributed by atoms with E-state index in [1.807, 2.05) is 18.7 Å². The molecule has 2 amide bonds. The van der Waals surface area contributed by atoms with Crippen molar-refractivity contribution in [2.24, 2.45) is 5.92 Å². The topological polar surface area (TPSA) is 65.4 Å². The molecule has 0 radical (unpaired) electrons. The van der Waals surface area contributed by atoms with E-state index in [2.05, 4.69) is 19.2 Å². The second kappa shape index (κ2) is 4.23.